The molecule has 3 rings (SSSR count). The van der Waals surface area contributed by atoms with Crippen molar-refractivity contribution in [1.82, 2.24) is 9.61 Å². The van der Waals surface area contributed by atoms with Gasteiger partial charge in [-0.25, -0.2) is 13.7 Å². The Labute approximate surface area is 114 Å². The Morgan fingerprint density at radius 1 is 1.25 bits per heavy atom. The van der Waals surface area contributed by atoms with Crippen LogP contribution in [0.15, 0.2) is 42.6 Å². The number of fused-ring (bicyclic) bond motifs is 1. The fraction of sp³-hybridized carbons (Fsp3) is 0.0667. The van der Waals surface area contributed by atoms with Gasteiger partial charge < -0.3 is 5.11 Å². The van der Waals surface area contributed by atoms with Gasteiger partial charge >= 0.3 is 5.97 Å². The third-order valence-electron chi connectivity index (χ3n) is 3.20. The molecular weight excluding hydrogens is 259 g/mol. The zero-order chi connectivity index (χ0) is 14.3. The van der Waals surface area contributed by atoms with E-state index in [2.05, 4.69) is 5.10 Å². The highest BCUT2D eigenvalue weighted by Crippen LogP contribution is 2.30. The molecule has 100 valence electrons. The number of aromatic carboxylic acids is 1. The molecule has 0 saturated carbocycles. The zero-order valence-corrected chi connectivity index (χ0v) is 10.7. The first-order valence-corrected chi connectivity index (χ1v) is 6.05. The summed E-state index contributed by atoms with van der Waals surface area (Å²) in [4.78, 5) is 11.5. The van der Waals surface area contributed by atoms with E-state index >= 15 is 0 Å². The fourth-order valence-corrected chi connectivity index (χ4v) is 2.35. The first-order chi connectivity index (χ1) is 9.58. The summed E-state index contributed by atoms with van der Waals surface area (Å²) < 4.78 is 14.7. The summed E-state index contributed by atoms with van der Waals surface area (Å²) in [5.74, 6) is -1.40. The molecule has 0 fully saturated rings. The second kappa shape index (κ2) is 4.45. The molecule has 3 aromatic rings. The fourth-order valence-electron chi connectivity index (χ4n) is 2.35. The molecule has 1 N–H and O–H groups in total. The number of hydrogen-bond donors (Lipinski definition) is 1. The highest BCUT2D eigenvalue weighted by molar-refractivity contribution is 6.01. The van der Waals surface area contributed by atoms with Crippen molar-refractivity contribution in [3.05, 3.63) is 59.7 Å². The van der Waals surface area contributed by atoms with E-state index in [4.69, 9.17) is 0 Å². The van der Waals surface area contributed by atoms with E-state index in [1.165, 1.54) is 12.1 Å². The maximum absolute atomic E-state index is 13.1. The third kappa shape index (κ3) is 1.84. The van der Waals surface area contributed by atoms with Crippen LogP contribution in [0.25, 0.3) is 16.6 Å². The van der Waals surface area contributed by atoms with E-state index in [1.54, 1.807) is 41.9 Å². The highest BCUT2D eigenvalue weighted by atomic mass is 19.1. The third-order valence-corrected chi connectivity index (χ3v) is 3.20. The van der Waals surface area contributed by atoms with Crippen molar-refractivity contribution in [1.29, 1.82) is 0 Å². The minimum absolute atomic E-state index is 0.141. The number of benzene rings is 1. The average molecular weight is 270 g/mol. The van der Waals surface area contributed by atoms with E-state index < -0.39 is 5.97 Å². The average Bonchev–Trinajstić information content (AvgIpc) is 2.85. The molecule has 0 unspecified atom stereocenters. The van der Waals surface area contributed by atoms with Gasteiger partial charge in [-0.2, -0.15) is 5.10 Å². The lowest BCUT2D eigenvalue weighted by molar-refractivity contribution is 0.0696. The van der Waals surface area contributed by atoms with E-state index in [0.29, 0.717) is 22.3 Å². The Morgan fingerprint density at radius 2 is 1.95 bits per heavy atom. The number of nitrogens with zero attached hydrogens (tertiary/aromatic N) is 2. The quantitative estimate of drug-likeness (QED) is 0.778. The maximum atomic E-state index is 13.1. The van der Waals surface area contributed by atoms with Gasteiger partial charge in [0.05, 0.1) is 16.8 Å². The molecule has 0 aliphatic carbocycles. The Hall–Kier alpha value is -2.69. The number of carbonyl (C=O) groups is 1. The number of halogens is 1. The smallest absolute Gasteiger partial charge is 0.338 e. The van der Waals surface area contributed by atoms with Gasteiger partial charge in [0, 0.05) is 11.8 Å². The van der Waals surface area contributed by atoms with E-state index in [1.807, 2.05) is 0 Å². The molecule has 2 aromatic heterocycles. The summed E-state index contributed by atoms with van der Waals surface area (Å²) >= 11 is 0. The summed E-state index contributed by atoms with van der Waals surface area (Å²) in [6.45, 7) is 1.65. The SMILES string of the molecule is Cc1nn2cccc2c(-c2ccc(F)cc2)c1C(=O)O. The normalized spacial score (nSPS) is 10.9. The first-order valence-electron chi connectivity index (χ1n) is 6.05. The number of rotatable bonds is 2. The Balaban J connectivity index is 2.42. The van der Waals surface area contributed by atoms with Gasteiger partial charge in [0.2, 0.25) is 0 Å². The molecule has 0 aliphatic rings. The largest absolute Gasteiger partial charge is 0.478 e. The van der Waals surface area contributed by atoms with Gasteiger partial charge in [-0.05, 0) is 36.8 Å². The van der Waals surface area contributed by atoms with Crippen LogP contribution in [0.3, 0.4) is 0 Å². The van der Waals surface area contributed by atoms with E-state index in [0.717, 1.165) is 0 Å². The van der Waals surface area contributed by atoms with Crippen molar-refractivity contribution in [3.63, 3.8) is 0 Å². The van der Waals surface area contributed by atoms with Crippen molar-refractivity contribution in [3.8, 4) is 11.1 Å². The zero-order valence-electron chi connectivity index (χ0n) is 10.7. The Bertz CT molecular complexity index is 807. The van der Waals surface area contributed by atoms with Gasteiger partial charge in [0.15, 0.2) is 0 Å². The monoisotopic (exact) mass is 270 g/mol. The number of carboxylic acid groups (broad SMARTS) is 1. The van der Waals surface area contributed by atoms with Crippen molar-refractivity contribution in [2.24, 2.45) is 0 Å². The van der Waals surface area contributed by atoms with Gasteiger partial charge in [0.1, 0.15) is 5.82 Å². The van der Waals surface area contributed by atoms with Crippen LogP contribution in [0.5, 0.6) is 0 Å². The van der Waals surface area contributed by atoms with Crippen LogP contribution in [0.1, 0.15) is 16.1 Å². The Morgan fingerprint density at radius 3 is 2.60 bits per heavy atom. The molecule has 0 spiro atoms. The van der Waals surface area contributed by atoms with Gasteiger partial charge in [-0.15, -0.1) is 0 Å². The van der Waals surface area contributed by atoms with Crippen LogP contribution in [-0.4, -0.2) is 20.7 Å². The van der Waals surface area contributed by atoms with Crippen LogP contribution in [0, 0.1) is 12.7 Å². The predicted octanol–water partition coefficient (Wildman–Crippen LogP) is 3.15. The van der Waals surface area contributed by atoms with Crippen LogP contribution < -0.4 is 0 Å². The standard InChI is InChI=1S/C15H11FN2O2/c1-9-13(15(19)20)14(10-4-6-11(16)7-5-10)12-3-2-8-18(12)17-9/h2-8H,1H3,(H,19,20). The van der Waals surface area contributed by atoms with E-state index in [-0.39, 0.29) is 11.4 Å². The maximum Gasteiger partial charge on any atom is 0.338 e. The van der Waals surface area contributed by atoms with Gasteiger partial charge in [0.25, 0.3) is 0 Å². The van der Waals surface area contributed by atoms with E-state index in [9.17, 15) is 14.3 Å². The lowest BCUT2D eigenvalue weighted by Crippen LogP contribution is -2.08. The number of hydrogen-bond acceptors (Lipinski definition) is 2. The van der Waals surface area contributed by atoms with Crippen LogP contribution in [-0.2, 0) is 0 Å². The molecule has 0 saturated heterocycles. The van der Waals surface area contributed by atoms with Crippen LogP contribution >= 0.6 is 0 Å². The summed E-state index contributed by atoms with van der Waals surface area (Å²) in [6.07, 6.45) is 1.75. The summed E-state index contributed by atoms with van der Waals surface area (Å²) in [5, 5.41) is 13.7. The molecule has 0 aliphatic heterocycles. The summed E-state index contributed by atoms with van der Waals surface area (Å²) in [7, 11) is 0. The highest BCUT2D eigenvalue weighted by Gasteiger charge is 2.19. The molecule has 20 heavy (non-hydrogen) atoms. The second-order valence-corrected chi connectivity index (χ2v) is 4.49. The molecule has 1 aromatic carbocycles. The van der Waals surface area contributed by atoms with Crippen LogP contribution in [0.2, 0.25) is 0 Å². The number of aryl methyl sites for hydroxylation is 1. The Kier molecular flexibility index (Phi) is 2.75. The van der Waals surface area contributed by atoms with Crippen molar-refractivity contribution < 1.29 is 14.3 Å². The molecule has 2 heterocycles. The molecule has 0 bridgehead atoms. The van der Waals surface area contributed by atoms with Crippen molar-refractivity contribution in [2.75, 3.05) is 0 Å². The lowest BCUT2D eigenvalue weighted by Gasteiger charge is -2.11. The molecule has 4 nitrogen and oxygen atoms in total. The summed E-state index contributed by atoms with van der Waals surface area (Å²) in [6, 6.07) is 9.36. The van der Waals surface area contributed by atoms with Gasteiger partial charge in [-0.3, -0.25) is 0 Å². The number of carboxylic acids is 1. The summed E-state index contributed by atoms with van der Waals surface area (Å²) in [5.41, 5.74) is 2.44. The molecule has 0 radical (unpaired) electrons. The van der Waals surface area contributed by atoms with Gasteiger partial charge in [-0.1, -0.05) is 12.1 Å². The molecular formula is C15H11FN2O2. The topological polar surface area (TPSA) is 54.6 Å². The number of aromatic nitrogens is 2. The minimum atomic E-state index is -1.04. The molecule has 0 atom stereocenters. The molecule has 0 amide bonds. The van der Waals surface area contributed by atoms with Crippen molar-refractivity contribution >= 4 is 11.5 Å². The molecule has 5 heteroatoms. The van der Waals surface area contributed by atoms with Crippen molar-refractivity contribution in [2.45, 2.75) is 6.92 Å². The van der Waals surface area contributed by atoms with Crippen LogP contribution in [0.4, 0.5) is 4.39 Å². The predicted molar refractivity (Wildman–Crippen MR) is 72.3 cm³/mol. The second-order valence-electron chi connectivity index (χ2n) is 4.49. The first kappa shape index (κ1) is 12.3. The lowest BCUT2D eigenvalue weighted by atomic mass is 9.99. The minimum Gasteiger partial charge on any atom is -0.478 e.